The Kier molecular flexibility index (Phi) is 3.97. The summed E-state index contributed by atoms with van der Waals surface area (Å²) in [4.78, 5) is 25.1. The minimum atomic E-state index is -0.687. The van der Waals surface area contributed by atoms with Crippen LogP contribution < -0.4 is 5.63 Å². The first kappa shape index (κ1) is 16.6. The number of carbonyl (C=O) groups is 1. The van der Waals surface area contributed by atoms with E-state index >= 15 is 0 Å². The van der Waals surface area contributed by atoms with Gasteiger partial charge in [0.2, 0.25) is 5.78 Å². The lowest BCUT2D eigenvalue weighted by molar-refractivity contribution is 0.103. The molecule has 0 aliphatic carbocycles. The minimum Gasteiger partial charge on any atom is -0.507 e. The van der Waals surface area contributed by atoms with Gasteiger partial charge in [-0.15, -0.1) is 0 Å². The van der Waals surface area contributed by atoms with Gasteiger partial charge in [0.05, 0.1) is 5.39 Å². The first-order chi connectivity index (χ1) is 13.1. The zero-order chi connectivity index (χ0) is 19.0. The third kappa shape index (κ3) is 2.85. The van der Waals surface area contributed by atoms with Gasteiger partial charge in [-0.1, -0.05) is 60.7 Å². The summed E-state index contributed by atoms with van der Waals surface area (Å²) in [6.45, 7) is 0. The molecule has 1 heterocycles. The monoisotopic (exact) mass is 358 g/mol. The van der Waals surface area contributed by atoms with E-state index in [-0.39, 0.29) is 22.3 Å². The SMILES string of the molecule is O=C(c1ccccc1)c1c(O)cc(O)c2c(-c3ccccc3)cc(=O)oc12. The second-order valence-corrected chi connectivity index (χ2v) is 6.03. The zero-order valence-electron chi connectivity index (χ0n) is 14.0. The molecule has 0 spiro atoms. The smallest absolute Gasteiger partial charge is 0.336 e. The molecular formula is C22H14O5. The Balaban J connectivity index is 2.09. The molecule has 0 saturated heterocycles. The summed E-state index contributed by atoms with van der Waals surface area (Å²) in [7, 11) is 0. The van der Waals surface area contributed by atoms with Crippen LogP contribution in [0.2, 0.25) is 0 Å². The van der Waals surface area contributed by atoms with E-state index in [1.54, 1.807) is 54.6 Å². The van der Waals surface area contributed by atoms with Crippen LogP contribution in [0.1, 0.15) is 15.9 Å². The third-order valence-electron chi connectivity index (χ3n) is 4.32. The second kappa shape index (κ2) is 6.46. The molecule has 1 aromatic heterocycles. The highest BCUT2D eigenvalue weighted by Gasteiger charge is 2.24. The molecule has 0 unspecified atom stereocenters. The fraction of sp³-hybridized carbons (Fsp3) is 0. The van der Waals surface area contributed by atoms with Crippen LogP contribution in [0.15, 0.2) is 82.0 Å². The maximum atomic E-state index is 12.9. The molecule has 27 heavy (non-hydrogen) atoms. The number of phenolic OH excluding ortho intramolecular Hbond substituents is 2. The van der Waals surface area contributed by atoms with Gasteiger partial charge in [-0.3, -0.25) is 4.79 Å². The van der Waals surface area contributed by atoms with E-state index in [9.17, 15) is 19.8 Å². The highest BCUT2D eigenvalue weighted by Crippen LogP contribution is 2.40. The number of rotatable bonds is 3. The van der Waals surface area contributed by atoms with Crippen molar-refractivity contribution >= 4 is 16.8 Å². The largest absolute Gasteiger partial charge is 0.507 e. The Morgan fingerprint density at radius 1 is 0.815 bits per heavy atom. The maximum Gasteiger partial charge on any atom is 0.336 e. The quantitative estimate of drug-likeness (QED) is 0.425. The van der Waals surface area contributed by atoms with Crippen LogP contribution in [-0.2, 0) is 0 Å². The van der Waals surface area contributed by atoms with Crippen molar-refractivity contribution in [3.05, 3.63) is 94.3 Å². The number of aromatic hydroxyl groups is 2. The number of benzene rings is 3. The van der Waals surface area contributed by atoms with Gasteiger partial charge in [0, 0.05) is 23.3 Å². The molecule has 132 valence electrons. The average molecular weight is 358 g/mol. The van der Waals surface area contributed by atoms with Crippen molar-refractivity contribution in [1.29, 1.82) is 0 Å². The van der Waals surface area contributed by atoms with Gasteiger partial charge in [-0.25, -0.2) is 4.79 Å². The summed E-state index contributed by atoms with van der Waals surface area (Å²) in [6.07, 6.45) is 0. The summed E-state index contributed by atoms with van der Waals surface area (Å²) >= 11 is 0. The lowest BCUT2D eigenvalue weighted by Crippen LogP contribution is -2.06. The number of fused-ring (bicyclic) bond motifs is 1. The van der Waals surface area contributed by atoms with Crippen LogP contribution in [0.4, 0.5) is 0 Å². The van der Waals surface area contributed by atoms with Crippen LogP contribution in [0.25, 0.3) is 22.1 Å². The summed E-state index contributed by atoms with van der Waals surface area (Å²) in [5, 5.41) is 21.0. The Bertz CT molecular complexity index is 1210. The van der Waals surface area contributed by atoms with Crippen LogP contribution >= 0.6 is 0 Å². The number of ketones is 1. The molecule has 3 aromatic carbocycles. The van der Waals surface area contributed by atoms with E-state index in [1.807, 2.05) is 6.07 Å². The van der Waals surface area contributed by atoms with Crippen LogP contribution in [0.5, 0.6) is 11.5 Å². The number of phenols is 2. The molecule has 0 amide bonds. The molecule has 4 rings (SSSR count). The number of carbonyl (C=O) groups excluding carboxylic acids is 1. The molecule has 0 aliphatic rings. The van der Waals surface area contributed by atoms with Crippen molar-refractivity contribution in [2.24, 2.45) is 0 Å². The van der Waals surface area contributed by atoms with Crippen molar-refractivity contribution in [3.8, 4) is 22.6 Å². The van der Waals surface area contributed by atoms with Crippen molar-refractivity contribution < 1.29 is 19.4 Å². The topological polar surface area (TPSA) is 87.7 Å². The Morgan fingerprint density at radius 2 is 1.44 bits per heavy atom. The molecule has 4 aromatic rings. The van der Waals surface area contributed by atoms with Crippen molar-refractivity contribution in [3.63, 3.8) is 0 Å². The van der Waals surface area contributed by atoms with Crippen molar-refractivity contribution in [1.82, 2.24) is 0 Å². The molecule has 0 radical (unpaired) electrons. The van der Waals surface area contributed by atoms with E-state index in [0.29, 0.717) is 16.7 Å². The fourth-order valence-electron chi connectivity index (χ4n) is 3.11. The van der Waals surface area contributed by atoms with Gasteiger partial charge in [-0.2, -0.15) is 0 Å². The Morgan fingerprint density at radius 3 is 2.11 bits per heavy atom. The summed E-state index contributed by atoms with van der Waals surface area (Å²) in [6, 6.07) is 19.7. The Labute approximate surface area is 153 Å². The lowest BCUT2D eigenvalue weighted by Gasteiger charge is -2.12. The predicted molar refractivity (Wildman–Crippen MR) is 101 cm³/mol. The molecule has 2 N–H and O–H groups in total. The van der Waals surface area contributed by atoms with Crippen molar-refractivity contribution in [2.45, 2.75) is 0 Å². The van der Waals surface area contributed by atoms with Crippen LogP contribution in [0, 0.1) is 0 Å². The standard InChI is InChI=1S/C22H14O5/c23-16-12-17(24)20(21(26)14-9-5-2-6-10-14)22-19(16)15(11-18(25)27-22)13-7-3-1-4-8-13/h1-12,23-24H. The molecule has 0 fully saturated rings. The lowest BCUT2D eigenvalue weighted by atomic mass is 9.95. The van der Waals surface area contributed by atoms with Crippen LogP contribution in [0.3, 0.4) is 0 Å². The predicted octanol–water partition coefficient (Wildman–Crippen LogP) is 4.10. The van der Waals surface area contributed by atoms with Gasteiger partial charge in [-0.05, 0) is 5.56 Å². The third-order valence-corrected chi connectivity index (χ3v) is 4.32. The first-order valence-electron chi connectivity index (χ1n) is 8.24. The van der Waals surface area contributed by atoms with Gasteiger partial charge < -0.3 is 14.6 Å². The summed E-state index contributed by atoms with van der Waals surface area (Å²) < 4.78 is 5.26. The number of hydrogen-bond donors (Lipinski definition) is 2. The maximum absolute atomic E-state index is 12.9. The van der Waals surface area contributed by atoms with Crippen molar-refractivity contribution in [2.75, 3.05) is 0 Å². The average Bonchev–Trinajstić information content (AvgIpc) is 2.68. The molecular weight excluding hydrogens is 344 g/mol. The fourth-order valence-corrected chi connectivity index (χ4v) is 3.11. The molecule has 5 nitrogen and oxygen atoms in total. The van der Waals surface area contributed by atoms with E-state index in [4.69, 9.17) is 4.42 Å². The Hall–Kier alpha value is -3.86. The zero-order valence-corrected chi connectivity index (χ0v) is 14.0. The summed E-state index contributed by atoms with van der Waals surface area (Å²) in [5.41, 5.74) is 0.425. The normalized spacial score (nSPS) is 10.8. The second-order valence-electron chi connectivity index (χ2n) is 6.03. The molecule has 0 atom stereocenters. The molecule has 0 aliphatic heterocycles. The molecule has 5 heteroatoms. The molecule has 0 bridgehead atoms. The van der Waals surface area contributed by atoms with Gasteiger partial charge >= 0.3 is 5.63 Å². The highest BCUT2D eigenvalue weighted by atomic mass is 16.4. The van der Waals surface area contributed by atoms with E-state index in [1.165, 1.54) is 6.07 Å². The van der Waals surface area contributed by atoms with Gasteiger partial charge in [0.15, 0.2) is 5.58 Å². The first-order valence-corrected chi connectivity index (χ1v) is 8.24. The highest BCUT2D eigenvalue weighted by molar-refractivity contribution is 6.19. The summed E-state index contributed by atoms with van der Waals surface area (Å²) in [5.74, 6) is -1.25. The molecule has 0 saturated carbocycles. The van der Waals surface area contributed by atoms with Gasteiger partial charge in [0.25, 0.3) is 0 Å². The van der Waals surface area contributed by atoms with E-state index in [0.717, 1.165) is 6.07 Å². The minimum absolute atomic E-state index is 0.146. The van der Waals surface area contributed by atoms with Crippen LogP contribution in [-0.4, -0.2) is 16.0 Å². The van der Waals surface area contributed by atoms with E-state index < -0.39 is 17.2 Å². The van der Waals surface area contributed by atoms with Gasteiger partial charge in [0.1, 0.15) is 17.1 Å². The number of hydrogen-bond acceptors (Lipinski definition) is 5. The van der Waals surface area contributed by atoms with E-state index in [2.05, 4.69) is 0 Å².